The molecule has 0 heterocycles. The number of esters is 1. The maximum Gasteiger partial charge on any atom is 0.338 e. The van der Waals surface area contributed by atoms with Crippen LogP contribution in [0.5, 0.6) is 5.75 Å². The average molecular weight is 518 g/mol. The maximum absolute atomic E-state index is 12.8. The number of rotatable bonds is 16. The van der Waals surface area contributed by atoms with E-state index in [1.807, 2.05) is 36.4 Å². The smallest absolute Gasteiger partial charge is 0.338 e. The number of carbonyl (C=O) groups is 1. The van der Waals surface area contributed by atoms with Gasteiger partial charge in [0.25, 0.3) is 0 Å². The molecule has 2 aromatic rings. The van der Waals surface area contributed by atoms with Crippen molar-refractivity contribution in [1.29, 1.82) is 5.26 Å². The third-order valence-corrected chi connectivity index (χ3v) is 7.98. The minimum atomic E-state index is -0.270. The van der Waals surface area contributed by atoms with Crippen LogP contribution in [-0.4, -0.2) is 18.7 Å². The lowest BCUT2D eigenvalue weighted by molar-refractivity contribution is 0.0105. The zero-order valence-electron chi connectivity index (χ0n) is 23.7. The van der Waals surface area contributed by atoms with Gasteiger partial charge in [0.15, 0.2) is 0 Å². The molecule has 1 aliphatic carbocycles. The van der Waals surface area contributed by atoms with E-state index in [2.05, 4.69) is 32.0 Å². The van der Waals surface area contributed by atoms with Crippen LogP contribution in [0.3, 0.4) is 0 Å². The predicted octanol–water partition coefficient (Wildman–Crippen LogP) is 9.67. The Hall–Kier alpha value is -2.80. The number of ether oxygens (including phenoxy) is 2. The molecule has 4 nitrogen and oxygen atoms in total. The van der Waals surface area contributed by atoms with E-state index in [-0.39, 0.29) is 17.5 Å². The summed E-state index contributed by atoms with van der Waals surface area (Å²) < 4.78 is 11.7. The van der Waals surface area contributed by atoms with Crippen LogP contribution < -0.4 is 4.74 Å². The van der Waals surface area contributed by atoms with E-state index < -0.39 is 0 Å². The number of nitriles is 1. The fourth-order valence-electron chi connectivity index (χ4n) is 5.40. The first kappa shape index (κ1) is 29.8. The van der Waals surface area contributed by atoms with Crippen molar-refractivity contribution in [3.8, 4) is 22.9 Å². The molecular formula is C34H47NO3. The van der Waals surface area contributed by atoms with Crippen LogP contribution in [0.1, 0.15) is 121 Å². The fourth-order valence-corrected chi connectivity index (χ4v) is 5.40. The number of nitrogens with zero attached hydrogens (tertiary/aromatic N) is 1. The van der Waals surface area contributed by atoms with Gasteiger partial charge in [0.1, 0.15) is 11.9 Å². The van der Waals surface area contributed by atoms with E-state index >= 15 is 0 Å². The van der Waals surface area contributed by atoms with Crippen LogP contribution in [0, 0.1) is 16.7 Å². The van der Waals surface area contributed by atoms with Gasteiger partial charge in [0.2, 0.25) is 0 Å². The number of carbonyl (C=O) groups excluding carboxylic acids is 1. The molecule has 0 atom stereocenters. The van der Waals surface area contributed by atoms with Crippen LogP contribution in [-0.2, 0) is 4.74 Å². The summed E-state index contributed by atoms with van der Waals surface area (Å²) in [5.74, 6) is 0.627. The standard InChI is InChI=1S/C34H47NO3/c1-3-5-7-9-11-23-34(27-35)24-21-32(22-25-34)38-33(36)30-15-13-28(14-16-30)29-17-19-31(20-18-29)37-26-12-10-8-6-4-2/h13-20,32H,3-12,21-26H2,1-2H3. The lowest BCUT2D eigenvalue weighted by Crippen LogP contribution is -2.31. The van der Waals surface area contributed by atoms with Crippen molar-refractivity contribution < 1.29 is 14.3 Å². The summed E-state index contributed by atoms with van der Waals surface area (Å²) in [6.45, 7) is 5.21. The Morgan fingerprint density at radius 2 is 1.37 bits per heavy atom. The molecule has 0 N–H and O–H groups in total. The Kier molecular flexibility index (Phi) is 12.7. The molecule has 0 aromatic heterocycles. The highest BCUT2D eigenvalue weighted by molar-refractivity contribution is 5.90. The van der Waals surface area contributed by atoms with Gasteiger partial charge in [-0.25, -0.2) is 4.79 Å². The SMILES string of the molecule is CCCCCCCOc1ccc(-c2ccc(C(=O)OC3CCC(C#N)(CCCCCCC)CC3)cc2)cc1. The van der Waals surface area contributed by atoms with Gasteiger partial charge in [0.05, 0.1) is 23.7 Å². The molecule has 4 heteroatoms. The molecule has 1 aliphatic rings. The van der Waals surface area contributed by atoms with E-state index in [1.54, 1.807) is 0 Å². The first-order valence-electron chi connectivity index (χ1n) is 15.0. The van der Waals surface area contributed by atoms with Crippen molar-refractivity contribution in [2.75, 3.05) is 6.61 Å². The number of hydrogen-bond donors (Lipinski definition) is 0. The van der Waals surface area contributed by atoms with Gasteiger partial charge in [0, 0.05) is 0 Å². The second-order valence-electron chi connectivity index (χ2n) is 11.0. The van der Waals surface area contributed by atoms with Crippen molar-refractivity contribution >= 4 is 5.97 Å². The van der Waals surface area contributed by atoms with Crippen LogP contribution in [0.25, 0.3) is 11.1 Å². The van der Waals surface area contributed by atoms with Crippen molar-refractivity contribution in [3.05, 3.63) is 54.1 Å². The normalized spacial score (nSPS) is 19.0. The zero-order valence-corrected chi connectivity index (χ0v) is 23.7. The number of hydrogen-bond acceptors (Lipinski definition) is 4. The van der Waals surface area contributed by atoms with Gasteiger partial charge in [-0.2, -0.15) is 5.26 Å². The van der Waals surface area contributed by atoms with E-state index in [1.165, 1.54) is 51.4 Å². The van der Waals surface area contributed by atoms with E-state index in [9.17, 15) is 10.1 Å². The molecule has 0 unspecified atom stereocenters. The van der Waals surface area contributed by atoms with Gasteiger partial charge in [-0.05, 0) is 73.9 Å². The summed E-state index contributed by atoms with van der Waals surface area (Å²) in [5.41, 5.74) is 2.49. The quantitative estimate of drug-likeness (QED) is 0.164. The molecule has 3 rings (SSSR count). The molecule has 0 aliphatic heterocycles. The minimum Gasteiger partial charge on any atom is -0.494 e. The lowest BCUT2D eigenvalue weighted by atomic mass is 9.71. The molecule has 0 saturated heterocycles. The second kappa shape index (κ2) is 16.2. The van der Waals surface area contributed by atoms with E-state index in [0.717, 1.165) is 68.4 Å². The van der Waals surface area contributed by atoms with Gasteiger partial charge >= 0.3 is 5.97 Å². The molecule has 0 spiro atoms. The highest BCUT2D eigenvalue weighted by Gasteiger charge is 2.36. The van der Waals surface area contributed by atoms with Crippen LogP contribution in [0.4, 0.5) is 0 Å². The zero-order chi connectivity index (χ0) is 27.1. The Labute approximate surface area is 230 Å². The molecule has 206 valence electrons. The van der Waals surface area contributed by atoms with Gasteiger partial charge in [-0.1, -0.05) is 95.9 Å². The van der Waals surface area contributed by atoms with E-state index in [0.29, 0.717) is 5.56 Å². The highest BCUT2D eigenvalue weighted by atomic mass is 16.5. The first-order chi connectivity index (χ1) is 18.6. The number of benzene rings is 2. The van der Waals surface area contributed by atoms with Crippen molar-refractivity contribution in [2.24, 2.45) is 5.41 Å². The lowest BCUT2D eigenvalue weighted by Gasteiger charge is -2.34. The average Bonchev–Trinajstić information content (AvgIpc) is 2.96. The molecule has 0 radical (unpaired) electrons. The van der Waals surface area contributed by atoms with Crippen LogP contribution in [0.2, 0.25) is 0 Å². The van der Waals surface area contributed by atoms with Gasteiger partial charge in [-0.15, -0.1) is 0 Å². The Morgan fingerprint density at radius 3 is 1.95 bits per heavy atom. The maximum atomic E-state index is 12.8. The Bertz CT molecular complexity index is 982. The van der Waals surface area contributed by atoms with Crippen LogP contribution >= 0.6 is 0 Å². The molecular weight excluding hydrogens is 470 g/mol. The Balaban J connectivity index is 1.42. The summed E-state index contributed by atoms with van der Waals surface area (Å²) in [6, 6.07) is 18.4. The van der Waals surface area contributed by atoms with E-state index in [4.69, 9.17) is 9.47 Å². The Morgan fingerprint density at radius 1 is 0.816 bits per heavy atom. The van der Waals surface area contributed by atoms with Gasteiger partial charge < -0.3 is 9.47 Å². The van der Waals surface area contributed by atoms with Crippen LogP contribution in [0.15, 0.2) is 48.5 Å². The molecule has 2 aromatic carbocycles. The first-order valence-corrected chi connectivity index (χ1v) is 15.0. The van der Waals surface area contributed by atoms with Crippen molar-refractivity contribution in [2.45, 2.75) is 116 Å². The number of unbranched alkanes of at least 4 members (excludes halogenated alkanes) is 8. The minimum absolute atomic E-state index is 0.0945. The molecule has 1 saturated carbocycles. The van der Waals surface area contributed by atoms with Crippen molar-refractivity contribution in [1.82, 2.24) is 0 Å². The summed E-state index contributed by atoms with van der Waals surface area (Å²) in [5, 5.41) is 9.84. The third-order valence-electron chi connectivity index (χ3n) is 7.98. The summed E-state index contributed by atoms with van der Waals surface area (Å²) >= 11 is 0. The highest BCUT2D eigenvalue weighted by Crippen LogP contribution is 2.41. The third kappa shape index (κ3) is 9.50. The second-order valence-corrected chi connectivity index (χ2v) is 11.0. The summed E-state index contributed by atoms with van der Waals surface area (Å²) in [7, 11) is 0. The largest absolute Gasteiger partial charge is 0.494 e. The molecule has 1 fully saturated rings. The molecule has 38 heavy (non-hydrogen) atoms. The topological polar surface area (TPSA) is 59.3 Å². The molecule has 0 amide bonds. The molecule has 0 bridgehead atoms. The monoisotopic (exact) mass is 517 g/mol. The van der Waals surface area contributed by atoms with Gasteiger partial charge in [-0.3, -0.25) is 0 Å². The summed E-state index contributed by atoms with van der Waals surface area (Å²) in [4.78, 5) is 12.8. The summed E-state index contributed by atoms with van der Waals surface area (Å²) in [6.07, 6.45) is 16.4. The van der Waals surface area contributed by atoms with Crippen molar-refractivity contribution in [3.63, 3.8) is 0 Å². The predicted molar refractivity (Wildman–Crippen MR) is 155 cm³/mol. The fraction of sp³-hybridized carbons (Fsp3) is 0.588.